The summed E-state index contributed by atoms with van der Waals surface area (Å²) < 4.78 is 18.7. The molecule has 0 aromatic carbocycles. The summed E-state index contributed by atoms with van der Waals surface area (Å²) in [6.45, 7) is 12.8. The van der Waals surface area contributed by atoms with Gasteiger partial charge in [0.05, 0.1) is 11.6 Å². The normalized spacial score (nSPS) is 44.9. The van der Waals surface area contributed by atoms with Gasteiger partial charge in [0, 0.05) is 17.3 Å². The van der Waals surface area contributed by atoms with Crippen LogP contribution in [0.25, 0.3) is 0 Å². The molecule has 5 aliphatic carbocycles. The van der Waals surface area contributed by atoms with Crippen LogP contribution in [0.1, 0.15) is 105 Å². The highest BCUT2D eigenvalue weighted by atomic mass is 19.1. The summed E-state index contributed by atoms with van der Waals surface area (Å²) in [4.78, 5) is 19.0. The number of hydrogen-bond acceptors (Lipinski definition) is 6. The SMILES string of the molecule is C[C@@H]1C(O)=C(C#N)C[C@]2(C)C3=CC(=O)[C@@H]4[C@@H]5CC(C)(C)CC[C@]5(c5noc(CF)n5)CC[C@@]4(C)[C@]3(C)CC[C@@H]12. The molecule has 1 heterocycles. The molecule has 0 saturated heterocycles. The lowest BCUT2D eigenvalue weighted by Gasteiger charge is -2.68. The standard InChI is InChI=1S/C32H42FN3O3/c1-18-20-7-8-30(5)23(29(20,4)14-19(17-34)26(18)38)13-22(37)25-21-15-28(2,3)9-11-32(21,12-10-31(25,30)6)27-35-24(16-33)39-36-27/h13,18,20-21,25,38H,7-12,14-16H2,1-6H3/t18-,20-,21-,25-,29-,30+,31+,32-/m0/s1. The van der Waals surface area contributed by atoms with Gasteiger partial charge in [0.2, 0.25) is 0 Å². The summed E-state index contributed by atoms with van der Waals surface area (Å²) >= 11 is 0. The molecule has 0 radical (unpaired) electrons. The van der Waals surface area contributed by atoms with Gasteiger partial charge in [-0.25, -0.2) is 4.39 Å². The van der Waals surface area contributed by atoms with Crippen LogP contribution in [0.2, 0.25) is 0 Å². The van der Waals surface area contributed by atoms with Crippen molar-refractivity contribution in [2.24, 2.45) is 45.3 Å². The van der Waals surface area contributed by atoms with Gasteiger partial charge in [0.15, 0.2) is 18.3 Å². The Bertz CT molecular complexity index is 1340. The van der Waals surface area contributed by atoms with Crippen LogP contribution in [0, 0.1) is 56.7 Å². The van der Waals surface area contributed by atoms with Gasteiger partial charge in [0.25, 0.3) is 5.89 Å². The smallest absolute Gasteiger partial charge is 0.258 e. The van der Waals surface area contributed by atoms with Gasteiger partial charge >= 0.3 is 0 Å². The van der Waals surface area contributed by atoms with Crippen molar-refractivity contribution in [2.45, 2.75) is 105 Å². The van der Waals surface area contributed by atoms with Crippen LogP contribution in [0.15, 0.2) is 27.5 Å². The highest BCUT2D eigenvalue weighted by Crippen LogP contribution is 2.74. The van der Waals surface area contributed by atoms with Crippen LogP contribution in [0.3, 0.4) is 0 Å². The van der Waals surface area contributed by atoms with Crippen molar-refractivity contribution in [3.8, 4) is 6.07 Å². The fraction of sp³-hybridized carbons (Fsp3) is 0.750. The summed E-state index contributed by atoms with van der Waals surface area (Å²) in [6.07, 6.45) is 8.83. The van der Waals surface area contributed by atoms with Gasteiger partial charge in [0.1, 0.15) is 5.76 Å². The second-order valence-corrected chi connectivity index (χ2v) is 15.0. The first-order valence-electron chi connectivity index (χ1n) is 14.7. The molecule has 3 fully saturated rings. The number of halogens is 1. The van der Waals surface area contributed by atoms with Crippen molar-refractivity contribution in [1.82, 2.24) is 10.1 Å². The topological polar surface area (TPSA) is 100 Å². The van der Waals surface area contributed by atoms with E-state index in [1.54, 1.807) is 0 Å². The molecule has 8 atom stereocenters. The zero-order chi connectivity index (χ0) is 28.2. The lowest BCUT2D eigenvalue weighted by molar-refractivity contribution is -0.159. The number of carbonyl (C=O) groups is 1. The largest absolute Gasteiger partial charge is 0.511 e. The molecule has 7 heteroatoms. The van der Waals surface area contributed by atoms with Crippen LogP contribution < -0.4 is 0 Å². The lowest BCUT2D eigenvalue weighted by atomic mass is 9.34. The number of hydrogen-bond donors (Lipinski definition) is 1. The second-order valence-electron chi connectivity index (χ2n) is 15.0. The molecule has 5 aliphatic rings. The predicted molar refractivity (Wildman–Crippen MR) is 144 cm³/mol. The average molecular weight is 536 g/mol. The lowest BCUT2D eigenvalue weighted by Crippen LogP contribution is -2.65. The van der Waals surface area contributed by atoms with E-state index in [2.05, 4.69) is 50.8 Å². The van der Waals surface area contributed by atoms with E-state index in [1.807, 2.05) is 13.0 Å². The number of carbonyl (C=O) groups excluding carboxylic acids is 1. The Labute approximate surface area is 231 Å². The molecule has 0 unspecified atom stereocenters. The van der Waals surface area contributed by atoms with Crippen LogP contribution in [-0.2, 0) is 16.9 Å². The number of nitriles is 1. The van der Waals surface area contributed by atoms with Gasteiger partial charge in [-0.2, -0.15) is 10.2 Å². The van der Waals surface area contributed by atoms with E-state index >= 15 is 0 Å². The Hall–Kier alpha value is -2.49. The first kappa shape index (κ1) is 26.7. The third-order valence-electron chi connectivity index (χ3n) is 12.8. The molecule has 1 N–H and O–H groups in total. The van der Waals surface area contributed by atoms with Gasteiger partial charge in [-0.1, -0.05) is 52.3 Å². The first-order chi connectivity index (χ1) is 18.3. The molecule has 6 nitrogen and oxygen atoms in total. The molecule has 0 spiro atoms. The molecule has 6 rings (SSSR count). The Kier molecular flexibility index (Phi) is 5.67. The number of ketones is 1. The van der Waals surface area contributed by atoms with Crippen molar-refractivity contribution in [2.75, 3.05) is 0 Å². The monoisotopic (exact) mass is 535 g/mol. The quantitative estimate of drug-likeness (QED) is 0.426. The summed E-state index contributed by atoms with van der Waals surface area (Å²) in [6, 6.07) is 2.27. The molecule has 1 aromatic rings. The number of aromatic nitrogens is 2. The van der Waals surface area contributed by atoms with Crippen LogP contribution in [0.5, 0.6) is 0 Å². The minimum absolute atomic E-state index is 0.0164. The van der Waals surface area contributed by atoms with Crippen LogP contribution in [-0.4, -0.2) is 21.0 Å². The third-order valence-corrected chi connectivity index (χ3v) is 12.8. The van der Waals surface area contributed by atoms with Crippen molar-refractivity contribution >= 4 is 5.78 Å². The predicted octanol–water partition coefficient (Wildman–Crippen LogP) is 7.33. The van der Waals surface area contributed by atoms with E-state index in [4.69, 9.17) is 4.52 Å². The molecule has 0 aliphatic heterocycles. The van der Waals surface area contributed by atoms with Gasteiger partial charge < -0.3 is 9.63 Å². The number of aliphatic hydroxyl groups is 1. The summed E-state index contributed by atoms with van der Waals surface area (Å²) in [5, 5.41) is 25.0. The average Bonchev–Trinajstić information content (AvgIpc) is 3.37. The Balaban J connectivity index is 1.50. The highest BCUT2D eigenvalue weighted by Gasteiger charge is 2.69. The second kappa shape index (κ2) is 8.27. The van der Waals surface area contributed by atoms with Crippen molar-refractivity contribution in [3.05, 3.63) is 34.7 Å². The number of allylic oxidation sites excluding steroid dienone is 4. The van der Waals surface area contributed by atoms with Crippen LogP contribution in [0.4, 0.5) is 4.39 Å². The maximum Gasteiger partial charge on any atom is 0.258 e. The van der Waals surface area contributed by atoms with Crippen LogP contribution >= 0.6 is 0 Å². The Morgan fingerprint density at radius 3 is 2.51 bits per heavy atom. The minimum atomic E-state index is -0.781. The number of aliphatic hydroxyl groups excluding tert-OH is 1. The van der Waals surface area contributed by atoms with E-state index in [9.17, 15) is 19.6 Å². The van der Waals surface area contributed by atoms with Gasteiger partial charge in [-0.05, 0) is 90.9 Å². The number of fused-ring (bicyclic) bond motifs is 7. The Morgan fingerprint density at radius 2 is 1.85 bits per heavy atom. The van der Waals surface area contributed by atoms with E-state index in [-0.39, 0.29) is 62.8 Å². The van der Waals surface area contributed by atoms with E-state index in [0.717, 1.165) is 44.9 Å². The van der Waals surface area contributed by atoms with Gasteiger partial charge in [-0.3, -0.25) is 4.79 Å². The summed E-state index contributed by atoms with van der Waals surface area (Å²) in [5.74, 6) is 0.952. The first-order valence-corrected chi connectivity index (χ1v) is 14.7. The minimum Gasteiger partial charge on any atom is -0.511 e. The number of alkyl halides is 1. The molecular formula is C32H42FN3O3. The van der Waals surface area contributed by atoms with E-state index < -0.39 is 12.1 Å². The molecule has 39 heavy (non-hydrogen) atoms. The van der Waals surface area contributed by atoms with Crippen molar-refractivity contribution < 1.29 is 18.8 Å². The highest BCUT2D eigenvalue weighted by molar-refractivity contribution is 5.95. The van der Waals surface area contributed by atoms with Crippen molar-refractivity contribution in [3.63, 3.8) is 0 Å². The molecule has 210 valence electrons. The van der Waals surface area contributed by atoms with E-state index in [0.29, 0.717) is 17.8 Å². The van der Waals surface area contributed by atoms with E-state index in [1.165, 1.54) is 5.57 Å². The zero-order valence-electron chi connectivity index (χ0n) is 24.2. The maximum absolute atomic E-state index is 14.5. The zero-order valence-corrected chi connectivity index (χ0v) is 24.2. The fourth-order valence-electron chi connectivity index (χ4n) is 10.4. The molecule has 0 bridgehead atoms. The Morgan fingerprint density at radius 1 is 1.13 bits per heavy atom. The summed E-state index contributed by atoms with van der Waals surface area (Å²) in [7, 11) is 0. The van der Waals surface area contributed by atoms with Gasteiger partial charge in [-0.15, -0.1) is 0 Å². The van der Waals surface area contributed by atoms with Crippen molar-refractivity contribution in [1.29, 1.82) is 5.26 Å². The summed E-state index contributed by atoms with van der Waals surface area (Å²) in [5.41, 5.74) is 0.507. The molecular weight excluding hydrogens is 493 g/mol. The molecule has 1 aromatic heterocycles. The maximum atomic E-state index is 14.5. The third kappa shape index (κ3) is 3.33. The molecule has 0 amide bonds. The number of nitrogens with zero attached hydrogens (tertiary/aromatic N) is 3. The fourth-order valence-corrected chi connectivity index (χ4v) is 10.4. The number of rotatable bonds is 2. The molecule has 3 saturated carbocycles.